The number of primary amides is 1. The predicted molar refractivity (Wildman–Crippen MR) is 76.4 cm³/mol. The quantitative estimate of drug-likeness (QED) is 0.770. The van der Waals surface area contributed by atoms with Crippen molar-refractivity contribution in [3.63, 3.8) is 0 Å². The van der Waals surface area contributed by atoms with E-state index in [1.165, 1.54) is 4.52 Å². The number of carbonyl (C=O) groups excluding carboxylic acids is 1. The first-order valence-electron chi connectivity index (χ1n) is 6.27. The lowest BCUT2D eigenvalue weighted by molar-refractivity contribution is 0.0993. The van der Waals surface area contributed by atoms with Crippen LogP contribution in [0.15, 0.2) is 36.4 Å². The molecule has 0 aliphatic rings. The van der Waals surface area contributed by atoms with Crippen LogP contribution in [0.2, 0.25) is 0 Å². The van der Waals surface area contributed by atoms with Crippen LogP contribution < -0.4 is 5.73 Å². The Balaban J connectivity index is 2.23. The van der Waals surface area contributed by atoms with Crippen LogP contribution in [0.4, 0.5) is 0 Å². The third-order valence-corrected chi connectivity index (χ3v) is 3.17. The Morgan fingerprint density at radius 3 is 2.86 bits per heavy atom. The number of benzene rings is 1. The van der Waals surface area contributed by atoms with Crippen LogP contribution in [-0.2, 0) is 0 Å². The number of fused-ring (bicyclic) bond motifs is 1. The Labute approximate surface area is 120 Å². The SMILES string of the molecule is Cc1nc2ccc(-c3cccc(C#N)c3)nn2c1C(N)=O. The molecule has 0 aliphatic heterocycles. The van der Waals surface area contributed by atoms with Crippen molar-refractivity contribution in [1.82, 2.24) is 14.6 Å². The number of rotatable bonds is 2. The van der Waals surface area contributed by atoms with Crippen LogP contribution in [0, 0.1) is 18.3 Å². The van der Waals surface area contributed by atoms with E-state index in [1.807, 2.05) is 6.07 Å². The second kappa shape index (κ2) is 4.72. The number of aromatic nitrogens is 3. The summed E-state index contributed by atoms with van der Waals surface area (Å²) >= 11 is 0. The number of aryl methyl sites for hydroxylation is 1. The Morgan fingerprint density at radius 1 is 1.33 bits per heavy atom. The molecule has 0 saturated carbocycles. The number of imidazole rings is 1. The normalized spacial score (nSPS) is 10.5. The molecule has 0 aliphatic carbocycles. The molecule has 0 atom stereocenters. The minimum Gasteiger partial charge on any atom is -0.364 e. The third-order valence-electron chi connectivity index (χ3n) is 3.17. The predicted octanol–water partition coefficient (Wildman–Crippen LogP) is 1.68. The summed E-state index contributed by atoms with van der Waals surface area (Å²) in [6.45, 7) is 1.71. The molecule has 102 valence electrons. The van der Waals surface area contributed by atoms with E-state index in [2.05, 4.69) is 16.2 Å². The maximum atomic E-state index is 11.5. The van der Waals surface area contributed by atoms with Gasteiger partial charge in [-0.2, -0.15) is 10.4 Å². The third kappa shape index (κ3) is 2.11. The molecular weight excluding hydrogens is 266 g/mol. The van der Waals surface area contributed by atoms with Crippen LogP contribution in [0.5, 0.6) is 0 Å². The first-order valence-corrected chi connectivity index (χ1v) is 6.27. The Hall–Kier alpha value is -3.20. The number of nitrogens with two attached hydrogens (primary N) is 1. The fourth-order valence-corrected chi connectivity index (χ4v) is 2.23. The van der Waals surface area contributed by atoms with Gasteiger partial charge in [0.25, 0.3) is 5.91 Å². The molecule has 6 nitrogen and oxygen atoms in total. The fraction of sp³-hybridized carbons (Fsp3) is 0.0667. The summed E-state index contributed by atoms with van der Waals surface area (Å²) in [4.78, 5) is 15.8. The van der Waals surface area contributed by atoms with E-state index in [0.717, 1.165) is 5.56 Å². The van der Waals surface area contributed by atoms with Gasteiger partial charge in [0.15, 0.2) is 11.3 Å². The van der Waals surface area contributed by atoms with E-state index in [0.29, 0.717) is 22.6 Å². The topological polar surface area (TPSA) is 97.1 Å². The Morgan fingerprint density at radius 2 is 2.14 bits per heavy atom. The summed E-state index contributed by atoms with van der Waals surface area (Å²) in [5.41, 5.74) is 8.72. The van der Waals surface area contributed by atoms with Gasteiger partial charge < -0.3 is 5.73 Å². The molecule has 3 rings (SSSR count). The van der Waals surface area contributed by atoms with Crippen molar-refractivity contribution in [2.75, 3.05) is 0 Å². The fourth-order valence-electron chi connectivity index (χ4n) is 2.23. The molecule has 3 aromatic rings. The highest BCUT2D eigenvalue weighted by molar-refractivity contribution is 5.93. The van der Waals surface area contributed by atoms with Crippen molar-refractivity contribution >= 4 is 11.6 Å². The van der Waals surface area contributed by atoms with Gasteiger partial charge in [0, 0.05) is 5.56 Å². The van der Waals surface area contributed by atoms with E-state index < -0.39 is 5.91 Å². The van der Waals surface area contributed by atoms with Gasteiger partial charge in [-0.05, 0) is 31.2 Å². The summed E-state index contributed by atoms with van der Waals surface area (Å²) in [7, 11) is 0. The standard InChI is InChI=1S/C15H11N5O/c1-9-14(15(17)21)20-13(18-9)6-5-12(19-20)11-4-2-3-10(7-11)8-16/h2-7H,1H3,(H2,17,21). The largest absolute Gasteiger partial charge is 0.364 e. The second-order valence-corrected chi connectivity index (χ2v) is 4.59. The number of nitrogens with zero attached hydrogens (tertiary/aromatic N) is 4. The van der Waals surface area contributed by atoms with Crippen molar-refractivity contribution in [3.8, 4) is 17.3 Å². The van der Waals surface area contributed by atoms with Gasteiger partial charge in [-0.25, -0.2) is 9.50 Å². The lowest BCUT2D eigenvalue weighted by atomic mass is 10.1. The van der Waals surface area contributed by atoms with Crippen LogP contribution in [0.1, 0.15) is 21.7 Å². The molecule has 0 spiro atoms. The maximum Gasteiger partial charge on any atom is 0.269 e. The highest BCUT2D eigenvalue weighted by Crippen LogP contribution is 2.20. The molecule has 2 N–H and O–H groups in total. The summed E-state index contributed by atoms with van der Waals surface area (Å²) in [5, 5.41) is 13.4. The molecule has 0 bridgehead atoms. The van der Waals surface area contributed by atoms with Gasteiger partial charge in [-0.15, -0.1) is 0 Å². The molecule has 0 unspecified atom stereocenters. The zero-order valence-corrected chi connectivity index (χ0v) is 11.2. The highest BCUT2D eigenvalue weighted by Gasteiger charge is 2.15. The molecule has 21 heavy (non-hydrogen) atoms. The molecular formula is C15H11N5O. The van der Waals surface area contributed by atoms with Crippen molar-refractivity contribution < 1.29 is 4.79 Å². The summed E-state index contributed by atoms with van der Waals surface area (Å²) in [5.74, 6) is -0.574. The molecule has 1 aromatic carbocycles. The van der Waals surface area contributed by atoms with E-state index >= 15 is 0 Å². The van der Waals surface area contributed by atoms with E-state index in [1.54, 1.807) is 37.3 Å². The van der Waals surface area contributed by atoms with E-state index in [9.17, 15) is 4.79 Å². The second-order valence-electron chi connectivity index (χ2n) is 4.59. The molecule has 0 saturated heterocycles. The number of carbonyl (C=O) groups is 1. The van der Waals surface area contributed by atoms with Gasteiger partial charge in [-0.1, -0.05) is 12.1 Å². The van der Waals surface area contributed by atoms with Crippen LogP contribution in [0.3, 0.4) is 0 Å². The van der Waals surface area contributed by atoms with E-state index in [4.69, 9.17) is 11.0 Å². The van der Waals surface area contributed by atoms with Gasteiger partial charge >= 0.3 is 0 Å². The minimum atomic E-state index is -0.574. The molecule has 2 heterocycles. The summed E-state index contributed by atoms with van der Waals surface area (Å²) in [6.07, 6.45) is 0. The zero-order chi connectivity index (χ0) is 15.0. The molecule has 0 radical (unpaired) electrons. The van der Waals surface area contributed by atoms with Crippen LogP contribution >= 0.6 is 0 Å². The number of nitriles is 1. The highest BCUT2D eigenvalue weighted by atomic mass is 16.1. The van der Waals surface area contributed by atoms with Crippen molar-refractivity contribution in [2.24, 2.45) is 5.73 Å². The van der Waals surface area contributed by atoms with Gasteiger partial charge in [0.05, 0.1) is 23.0 Å². The van der Waals surface area contributed by atoms with E-state index in [-0.39, 0.29) is 5.69 Å². The first kappa shape index (κ1) is 12.8. The maximum absolute atomic E-state index is 11.5. The average Bonchev–Trinajstić information content (AvgIpc) is 2.82. The van der Waals surface area contributed by atoms with Gasteiger partial charge in [0.1, 0.15) is 0 Å². The lowest BCUT2D eigenvalue weighted by Gasteiger charge is -2.03. The van der Waals surface area contributed by atoms with Crippen LogP contribution in [0.25, 0.3) is 16.9 Å². The average molecular weight is 277 g/mol. The van der Waals surface area contributed by atoms with Crippen molar-refractivity contribution in [1.29, 1.82) is 5.26 Å². The minimum absolute atomic E-state index is 0.267. The number of hydrogen-bond donors (Lipinski definition) is 1. The Kier molecular flexibility index (Phi) is 2.88. The number of amides is 1. The molecule has 1 amide bonds. The smallest absolute Gasteiger partial charge is 0.269 e. The van der Waals surface area contributed by atoms with Crippen molar-refractivity contribution in [2.45, 2.75) is 6.92 Å². The van der Waals surface area contributed by atoms with Gasteiger partial charge in [0.2, 0.25) is 0 Å². The van der Waals surface area contributed by atoms with Crippen molar-refractivity contribution in [3.05, 3.63) is 53.3 Å². The lowest BCUT2D eigenvalue weighted by Crippen LogP contribution is -2.16. The summed E-state index contributed by atoms with van der Waals surface area (Å²) in [6, 6.07) is 12.7. The molecule has 2 aromatic heterocycles. The first-order chi connectivity index (χ1) is 10.1. The Bertz CT molecular complexity index is 904. The monoisotopic (exact) mass is 277 g/mol. The zero-order valence-electron chi connectivity index (χ0n) is 11.2. The number of hydrogen-bond acceptors (Lipinski definition) is 4. The molecule has 6 heteroatoms. The molecule has 0 fully saturated rings. The van der Waals surface area contributed by atoms with Crippen LogP contribution in [-0.4, -0.2) is 20.5 Å². The summed E-state index contributed by atoms with van der Waals surface area (Å²) < 4.78 is 1.44. The van der Waals surface area contributed by atoms with Gasteiger partial charge in [-0.3, -0.25) is 4.79 Å².